The summed E-state index contributed by atoms with van der Waals surface area (Å²) in [7, 11) is -2.42. The van der Waals surface area contributed by atoms with Gasteiger partial charge in [0.1, 0.15) is 0 Å². The standard InChI is InChI=1S/C22H25N.H2O4S/c1-23-14-6-7-17(16-23)15-22-20-10-4-2-8-18(20)12-13-19-9-3-5-11-21(19)22;1-5(2,3)4/h2-5,8-11,15,17H,6-7,12-14,16H2,1H3;(H2,1,2,3,4). The summed E-state index contributed by atoms with van der Waals surface area (Å²) in [5.41, 5.74) is 7.36. The predicted molar refractivity (Wildman–Crippen MR) is 112 cm³/mol. The van der Waals surface area contributed by atoms with E-state index in [2.05, 4.69) is 66.6 Å². The topological polar surface area (TPSA) is 77.8 Å². The van der Waals surface area contributed by atoms with Crippen LogP contribution in [0.2, 0.25) is 0 Å². The lowest BCUT2D eigenvalue weighted by Crippen LogP contribution is -2.31. The third-order valence-corrected chi connectivity index (χ3v) is 5.34. The monoisotopic (exact) mass is 401 g/mol. The second kappa shape index (κ2) is 9.01. The van der Waals surface area contributed by atoms with Crippen molar-refractivity contribution in [2.75, 3.05) is 20.1 Å². The van der Waals surface area contributed by atoms with Crippen molar-refractivity contribution < 1.29 is 17.5 Å². The zero-order chi connectivity index (χ0) is 20.1. The Morgan fingerprint density at radius 1 is 0.964 bits per heavy atom. The molecule has 28 heavy (non-hydrogen) atoms. The molecule has 6 heteroatoms. The maximum absolute atomic E-state index is 8.74. The van der Waals surface area contributed by atoms with Crippen molar-refractivity contribution in [3.63, 3.8) is 0 Å². The largest absolute Gasteiger partial charge is 0.394 e. The minimum absolute atomic E-state index is 0.669. The Hall–Kier alpha value is -1.99. The highest BCUT2D eigenvalue weighted by Gasteiger charge is 2.21. The van der Waals surface area contributed by atoms with Crippen molar-refractivity contribution in [3.8, 4) is 0 Å². The predicted octanol–water partition coefficient (Wildman–Crippen LogP) is 3.91. The van der Waals surface area contributed by atoms with Gasteiger partial charge in [0.2, 0.25) is 0 Å². The Morgan fingerprint density at radius 3 is 1.96 bits per heavy atom. The quantitative estimate of drug-likeness (QED) is 0.709. The molecule has 150 valence electrons. The molecule has 5 nitrogen and oxygen atoms in total. The summed E-state index contributed by atoms with van der Waals surface area (Å²) < 4.78 is 31.6. The highest BCUT2D eigenvalue weighted by atomic mass is 32.3. The van der Waals surface area contributed by atoms with E-state index in [-0.39, 0.29) is 0 Å². The lowest BCUT2D eigenvalue weighted by atomic mass is 9.88. The van der Waals surface area contributed by atoms with Gasteiger partial charge in [0.25, 0.3) is 0 Å². The molecule has 4 rings (SSSR count). The normalized spacial score (nSPS) is 19.5. The van der Waals surface area contributed by atoms with Crippen molar-refractivity contribution in [2.45, 2.75) is 25.7 Å². The molecule has 0 saturated carbocycles. The minimum Gasteiger partial charge on any atom is -0.306 e. The van der Waals surface area contributed by atoms with Crippen LogP contribution in [0.15, 0.2) is 54.6 Å². The molecule has 1 heterocycles. The minimum atomic E-state index is -4.67. The summed E-state index contributed by atoms with van der Waals surface area (Å²) in [5.74, 6) is 0.669. The molecule has 2 aromatic carbocycles. The Bertz CT molecular complexity index is 895. The smallest absolute Gasteiger partial charge is 0.306 e. The lowest BCUT2D eigenvalue weighted by Gasteiger charge is -2.28. The molecule has 0 amide bonds. The number of aryl methyl sites for hydroxylation is 2. The van der Waals surface area contributed by atoms with Crippen LogP contribution in [0.3, 0.4) is 0 Å². The number of rotatable bonds is 1. The Balaban J connectivity index is 0.000000403. The molecule has 0 aromatic heterocycles. The molecule has 2 aromatic rings. The second-order valence-electron chi connectivity index (χ2n) is 7.51. The molecule has 2 N–H and O–H groups in total. The number of piperidine rings is 1. The number of hydrogen-bond donors (Lipinski definition) is 2. The number of benzene rings is 2. The number of hydrogen-bond acceptors (Lipinski definition) is 3. The van der Waals surface area contributed by atoms with Gasteiger partial charge in [-0.3, -0.25) is 9.11 Å². The van der Waals surface area contributed by atoms with Crippen LogP contribution < -0.4 is 0 Å². The van der Waals surface area contributed by atoms with E-state index in [1.165, 1.54) is 53.8 Å². The van der Waals surface area contributed by atoms with Gasteiger partial charge in [-0.25, -0.2) is 0 Å². The average Bonchev–Trinajstić information content (AvgIpc) is 2.79. The highest BCUT2D eigenvalue weighted by molar-refractivity contribution is 7.79. The van der Waals surface area contributed by atoms with Gasteiger partial charge in [0.05, 0.1) is 0 Å². The summed E-state index contributed by atoms with van der Waals surface area (Å²) in [6.07, 6.45) is 7.50. The van der Waals surface area contributed by atoms with Gasteiger partial charge in [-0.2, -0.15) is 8.42 Å². The maximum atomic E-state index is 8.74. The third-order valence-electron chi connectivity index (χ3n) is 5.34. The second-order valence-corrected chi connectivity index (χ2v) is 8.40. The fraction of sp³-hybridized carbons (Fsp3) is 0.364. The number of likely N-dealkylation sites (tertiary alicyclic amines) is 1. The van der Waals surface area contributed by atoms with Gasteiger partial charge in [-0.1, -0.05) is 54.6 Å². The van der Waals surface area contributed by atoms with Crippen LogP contribution in [0.25, 0.3) is 5.57 Å². The van der Waals surface area contributed by atoms with E-state index < -0.39 is 10.4 Å². The zero-order valence-electron chi connectivity index (χ0n) is 16.1. The molecule has 1 unspecified atom stereocenters. The molecule has 0 bridgehead atoms. The molecule has 1 aliphatic carbocycles. The van der Waals surface area contributed by atoms with Crippen molar-refractivity contribution in [2.24, 2.45) is 5.92 Å². The van der Waals surface area contributed by atoms with Crippen LogP contribution in [0.1, 0.15) is 35.1 Å². The van der Waals surface area contributed by atoms with E-state index in [9.17, 15) is 0 Å². The van der Waals surface area contributed by atoms with Crippen LogP contribution in [-0.2, 0) is 23.2 Å². The number of nitrogens with zero attached hydrogens (tertiary/aromatic N) is 1. The summed E-state index contributed by atoms with van der Waals surface area (Å²) in [6.45, 7) is 2.43. The number of fused-ring (bicyclic) bond motifs is 2. The first-order valence-electron chi connectivity index (χ1n) is 9.58. The van der Waals surface area contributed by atoms with Gasteiger partial charge in [0.15, 0.2) is 0 Å². The van der Waals surface area contributed by atoms with Crippen molar-refractivity contribution >= 4 is 16.0 Å². The SMILES string of the molecule is CN1CCCC(C=C2c3ccccc3CCc3ccccc32)C1.O=S(=O)(O)O. The Kier molecular flexibility index (Phi) is 6.67. The molecular formula is C22H27NO4S. The molecule has 1 aliphatic heterocycles. The first-order chi connectivity index (χ1) is 13.3. The maximum Gasteiger partial charge on any atom is 0.394 e. The Labute approximate surface area is 167 Å². The fourth-order valence-electron chi connectivity index (χ4n) is 4.17. The van der Waals surface area contributed by atoms with Gasteiger partial charge in [-0.05, 0) is 73.0 Å². The summed E-state index contributed by atoms with van der Waals surface area (Å²) >= 11 is 0. The highest BCUT2D eigenvalue weighted by Crippen LogP contribution is 2.35. The molecule has 0 radical (unpaired) electrons. The fourth-order valence-corrected chi connectivity index (χ4v) is 4.17. The molecule has 2 aliphatic rings. The van der Waals surface area contributed by atoms with Crippen molar-refractivity contribution in [3.05, 3.63) is 76.9 Å². The zero-order valence-corrected chi connectivity index (χ0v) is 16.9. The summed E-state index contributed by atoms with van der Waals surface area (Å²) in [4.78, 5) is 2.47. The van der Waals surface area contributed by atoms with E-state index >= 15 is 0 Å². The van der Waals surface area contributed by atoms with Crippen LogP contribution in [0.4, 0.5) is 0 Å². The van der Waals surface area contributed by atoms with Crippen LogP contribution in [0, 0.1) is 5.92 Å². The van der Waals surface area contributed by atoms with Gasteiger partial charge in [0, 0.05) is 6.54 Å². The van der Waals surface area contributed by atoms with Crippen LogP contribution >= 0.6 is 0 Å². The summed E-state index contributed by atoms with van der Waals surface area (Å²) in [5, 5.41) is 0. The first kappa shape index (κ1) is 20.7. The van der Waals surface area contributed by atoms with E-state index in [0.717, 1.165) is 12.8 Å². The molecule has 1 atom stereocenters. The lowest BCUT2D eigenvalue weighted by molar-refractivity contribution is 0.238. The molecular weight excluding hydrogens is 374 g/mol. The molecule has 0 spiro atoms. The van der Waals surface area contributed by atoms with Gasteiger partial charge in [-0.15, -0.1) is 0 Å². The van der Waals surface area contributed by atoms with Crippen LogP contribution in [-0.4, -0.2) is 42.6 Å². The first-order valence-corrected chi connectivity index (χ1v) is 11.0. The average molecular weight is 402 g/mol. The van der Waals surface area contributed by atoms with E-state index in [4.69, 9.17) is 17.5 Å². The van der Waals surface area contributed by atoms with Crippen molar-refractivity contribution in [1.82, 2.24) is 4.90 Å². The van der Waals surface area contributed by atoms with Crippen LogP contribution in [0.5, 0.6) is 0 Å². The van der Waals surface area contributed by atoms with Gasteiger partial charge < -0.3 is 4.90 Å². The van der Waals surface area contributed by atoms with Gasteiger partial charge >= 0.3 is 10.4 Å². The third kappa shape index (κ3) is 5.75. The Morgan fingerprint density at radius 2 is 1.46 bits per heavy atom. The molecule has 1 saturated heterocycles. The van der Waals surface area contributed by atoms with E-state index in [1.54, 1.807) is 0 Å². The summed E-state index contributed by atoms with van der Waals surface area (Å²) in [6, 6.07) is 18.0. The molecule has 1 fully saturated rings. The van der Waals surface area contributed by atoms with Crippen molar-refractivity contribution in [1.29, 1.82) is 0 Å². The van der Waals surface area contributed by atoms with E-state index in [0.29, 0.717) is 5.92 Å². The van der Waals surface area contributed by atoms with E-state index in [1.807, 2.05) is 0 Å².